The molecule has 2 unspecified atom stereocenters. The lowest BCUT2D eigenvalue weighted by Crippen LogP contribution is -2.31. The molecule has 2 rings (SSSR count). The van der Waals surface area contributed by atoms with Gasteiger partial charge in [0.05, 0.1) is 5.02 Å². The van der Waals surface area contributed by atoms with Crippen LogP contribution in [-0.2, 0) is 10.0 Å². The van der Waals surface area contributed by atoms with Crippen LogP contribution in [0.5, 0.6) is 0 Å². The summed E-state index contributed by atoms with van der Waals surface area (Å²) in [6.45, 7) is 0.364. The van der Waals surface area contributed by atoms with Crippen molar-refractivity contribution in [1.82, 2.24) is 4.72 Å². The third-order valence-corrected chi connectivity index (χ3v) is 6.26. The predicted molar refractivity (Wildman–Crippen MR) is 81.3 cm³/mol. The van der Waals surface area contributed by atoms with Crippen LogP contribution in [0.1, 0.15) is 19.3 Å². The molecule has 106 valence electrons. The molecule has 1 aliphatic carbocycles. The minimum absolute atomic E-state index is 0.0584. The fraction of sp³-hybridized carbons (Fsp3) is 0.500. The maximum Gasteiger partial charge on any atom is 0.242 e. The number of nitrogens with one attached hydrogen (secondary N) is 1. The number of hydrogen-bond donors (Lipinski definition) is 1. The molecule has 0 radical (unpaired) electrons. The number of alkyl halides is 1. The second-order valence-corrected chi connectivity index (χ2v) is 8.25. The molecule has 7 heteroatoms. The first-order chi connectivity index (χ1) is 8.90. The molecular formula is C12H14BrCl2NO2S. The van der Waals surface area contributed by atoms with Crippen LogP contribution >= 0.6 is 39.1 Å². The van der Waals surface area contributed by atoms with Crippen LogP contribution in [0, 0.1) is 5.92 Å². The van der Waals surface area contributed by atoms with Crippen LogP contribution < -0.4 is 4.72 Å². The molecular weight excluding hydrogens is 373 g/mol. The van der Waals surface area contributed by atoms with Crippen molar-refractivity contribution >= 4 is 49.2 Å². The lowest BCUT2D eigenvalue weighted by atomic mass is 10.1. The highest BCUT2D eigenvalue weighted by molar-refractivity contribution is 9.10. The van der Waals surface area contributed by atoms with Gasteiger partial charge in [-0.3, -0.25) is 0 Å². The molecule has 19 heavy (non-hydrogen) atoms. The summed E-state index contributed by atoms with van der Waals surface area (Å²) in [5.74, 6) is 0.200. The topological polar surface area (TPSA) is 46.2 Å². The molecule has 0 aliphatic heterocycles. The quantitative estimate of drug-likeness (QED) is 0.800. The van der Waals surface area contributed by atoms with E-state index in [1.165, 1.54) is 6.07 Å². The Morgan fingerprint density at radius 3 is 2.68 bits per heavy atom. The molecule has 0 amide bonds. The van der Waals surface area contributed by atoms with Gasteiger partial charge in [0.1, 0.15) is 4.90 Å². The minimum Gasteiger partial charge on any atom is -0.211 e. The van der Waals surface area contributed by atoms with Crippen molar-refractivity contribution < 1.29 is 8.42 Å². The maximum absolute atomic E-state index is 12.2. The summed E-state index contributed by atoms with van der Waals surface area (Å²) < 4.78 is 27.7. The van der Waals surface area contributed by atoms with Gasteiger partial charge < -0.3 is 0 Å². The van der Waals surface area contributed by atoms with Crippen molar-refractivity contribution in [3.63, 3.8) is 0 Å². The number of sulfonamides is 1. The Kier molecular flexibility index (Phi) is 5.17. The summed E-state index contributed by atoms with van der Waals surface area (Å²) >= 11 is 15.3. The van der Waals surface area contributed by atoms with E-state index >= 15 is 0 Å². The fourth-order valence-corrected chi connectivity index (χ4v) is 4.71. The first kappa shape index (κ1) is 15.6. The van der Waals surface area contributed by atoms with Crippen molar-refractivity contribution in [2.24, 2.45) is 5.92 Å². The van der Waals surface area contributed by atoms with Gasteiger partial charge in [-0.25, -0.2) is 13.1 Å². The van der Waals surface area contributed by atoms with E-state index in [0.29, 0.717) is 6.54 Å². The SMILES string of the molecule is O=S(=O)(NCC1CCCC1Cl)c1ccc(Br)cc1Cl. The highest BCUT2D eigenvalue weighted by atomic mass is 79.9. The van der Waals surface area contributed by atoms with Crippen LogP contribution in [0.15, 0.2) is 27.6 Å². The van der Waals surface area contributed by atoms with E-state index in [0.717, 1.165) is 23.7 Å². The number of rotatable bonds is 4. The zero-order valence-corrected chi connectivity index (χ0v) is 14.0. The van der Waals surface area contributed by atoms with Crippen molar-refractivity contribution in [2.75, 3.05) is 6.54 Å². The molecule has 1 aromatic carbocycles. The van der Waals surface area contributed by atoms with Crippen LogP contribution in [0.2, 0.25) is 5.02 Å². The van der Waals surface area contributed by atoms with Gasteiger partial charge in [0.25, 0.3) is 0 Å². The average molecular weight is 387 g/mol. The Bertz CT molecular complexity index is 565. The average Bonchev–Trinajstić information content (AvgIpc) is 2.72. The van der Waals surface area contributed by atoms with Crippen LogP contribution in [0.4, 0.5) is 0 Å². The summed E-state index contributed by atoms with van der Waals surface area (Å²) in [5, 5.41) is 0.263. The summed E-state index contributed by atoms with van der Waals surface area (Å²) in [4.78, 5) is 0.0986. The molecule has 1 fully saturated rings. The highest BCUT2D eigenvalue weighted by Crippen LogP contribution is 2.30. The van der Waals surface area contributed by atoms with E-state index in [1.807, 2.05) is 0 Å². The van der Waals surface area contributed by atoms with Gasteiger partial charge in [0.2, 0.25) is 10.0 Å². The first-order valence-electron chi connectivity index (χ1n) is 5.99. The number of hydrogen-bond acceptors (Lipinski definition) is 2. The second kappa shape index (κ2) is 6.31. The Balaban J connectivity index is 2.09. The standard InChI is InChI=1S/C12H14BrCl2NO2S/c13-9-4-5-12(11(15)6-9)19(17,18)16-7-8-2-1-3-10(8)14/h4-6,8,10,16H,1-3,7H2. The zero-order valence-electron chi connectivity index (χ0n) is 10.1. The van der Waals surface area contributed by atoms with Gasteiger partial charge in [-0.1, -0.05) is 34.0 Å². The fourth-order valence-electron chi connectivity index (χ4n) is 2.21. The van der Waals surface area contributed by atoms with Gasteiger partial charge in [-0.2, -0.15) is 0 Å². The van der Waals surface area contributed by atoms with E-state index in [-0.39, 0.29) is 21.2 Å². The monoisotopic (exact) mass is 385 g/mol. The number of benzene rings is 1. The van der Waals surface area contributed by atoms with Crippen molar-refractivity contribution in [3.8, 4) is 0 Å². The Morgan fingerprint density at radius 1 is 1.37 bits per heavy atom. The third-order valence-electron chi connectivity index (χ3n) is 3.29. The summed E-state index contributed by atoms with van der Waals surface area (Å²) in [6.07, 6.45) is 2.97. The third kappa shape index (κ3) is 3.85. The summed E-state index contributed by atoms with van der Waals surface area (Å²) in [6, 6.07) is 4.71. The van der Waals surface area contributed by atoms with Gasteiger partial charge in [0.15, 0.2) is 0 Å². The Hall–Kier alpha value is 0.190. The molecule has 1 saturated carbocycles. The van der Waals surface area contributed by atoms with E-state index in [4.69, 9.17) is 23.2 Å². The predicted octanol–water partition coefficient (Wildman–Crippen LogP) is 3.79. The zero-order chi connectivity index (χ0) is 14.0. The minimum atomic E-state index is -3.58. The maximum atomic E-state index is 12.2. The van der Waals surface area contributed by atoms with E-state index in [1.54, 1.807) is 12.1 Å². The largest absolute Gasteiger partial charge is 0.242 e. The molecule has 0 spiro atoms. The van der Waals surface area contributed by atoms with E-state index < -0.39 is 10.0 Å². The smallest absolute Gasteiger partial charge is 0.211 e. The second-order valence-electron chi connectivity index (χ2n) is 4.63. The van der Waals surface area contributed by atoms with Crippen molar-refractivity contribution in [1.29, 1.82) is 0 Å². The highest BCUT2D eigenvalue weighted by Gasteiger charge is 2.27. The first-order valence-corrected chi connectivity index (χ1v) is 9.08. The molecule has 3 nitrogen and oxygen atoms in total. The normalized spacial score (nSPS) is 23.7. The molecule has 0 bridgehead atoms. The lowest BCUT2D eigenvalue weighted by molar-refractivity contribution is 0.524. The summed E-state index contributed by atoms with van der Waals surface area (Å²) in [5.41, 5.74) is 0. The van der Waals surface area contributed by atoms with Crippen LogP contribution in [0.25, 0.3) is 0 Å². The van der Waals surface area contributed by atoms with Crippen molar-refractivity contribution in [2.45, 2.75) is 29.5 Å². The van der Waals surface area contributed by atoms with E-state index in [9.17, 15) is 8.42 Å². The molecule has 0 saturated heterocycles. The lowest BCUT2D eigenvalue weighted by Gasteiger charge is -2.15. The van der Waals surface area contributed by atoms with Crippen molar-refractivity contribution in [3.05, 3.63) is 27.7 Å². The molecule has 1 N–H and O–H groups in total. The molecule has 0 aromatic heterocycles. The Labute approximate surface area is 131 Å². The number of halogens is 3. The van der Waals surface area contributed by atoms with Gasteiger partial charge >= 0.3 is 0 Å². The molecule has 0 heterocycles. The van der Waals surface area contributed by atoms with E-state index in [2.05, 4.69) is 20.7 Å². The summed E-state index contributed by atoms with van der Waals surface area (Å²) in [7, 11) is -3.58. The molecule has 2 atom stereocenters. The molecule has 1 aliphatic rings. The van der Waals surface area contributed by atoms with Gasteiger partial charge in [-0.15, -0.1) is 11.6 Å². The van der Waals surface area contributed by atoms with Gasteiger partial charge in [0, 0.05) is 16.4 Å². The molecule has 1 aromatic rings. The van der Waals surface area contributed by atoms with Crippen LogP contribution in [0.3, 0.4) is 0 Å². The van der Waals surface area contributed by atoms with Gasteiger partial charge in [-0.05, 0) is 37.0 Å². The Morgan fingerprint density at radius 2 is 2.11 bits per heavy atom. The van der Waals surface area contributed by atoms with Crippen LogP contribution in [-0.4, -0.2) is 20.3 Å².